The van der Waals surface area contributed by atoms with E-state index in [-0.39, 0.29) is 6.04 Å². The highest BCUT2D eigenvalue weighted by Crippen LogP contribution is 2.26. The van der Waals surface area contributed by atoms with Gasteiger partial charge in [-0.05, 0) is 24.8 Å². The molecule has 0 amide bonds. The third kappa shape index (κ3) is 3.91. The first-order valence-corrected chi connectivity index (χ1v) is 6.07. The highest BCUT2D eigenvalue weighted by Gasteiger charge is 2.15. The zero-order valence-electron chi connectivity index (χ0n) is 9.50. The minimum atomic E-state index is -0.0211. The highest BCUT2D eigenvalue weighted by atomic mass is 35.5. The van der Waals surface area contributed by atoms with E-state index in [1.165, 1.54) is 0 Å². The third-order valence-corrected chi connectivity index (χ3v) is 2.91. The van der Waals surface area contributed by atoms with Crippen molar-refractivity contribution in [3.8, 4) is 0 Å². The summed E-state index contributed by atoms with van der Waals surface area (Å²) >= 11 is 11.9. The van der Waals surface area contributed by atoms with Crippen LogP contribution in [0.25, 0.3) is 0 Å². The number of nitrogens with two attached hydrogens (primary N) is 1. The molecule has 1 aromatic rings. The molecule has 0 fully saturated rings. The molecule has 1 aromatic heterocycles. The summed E-state index contributed by atoms with van der Waals surface area (Å²) in [6, 6.07) is 1.66. The van der Waals surface area contributed by atoms with Crippen molar-refractivity contribution in [1.82, 2.24) is 10.4 Å². The number of hydrogen-bond acceptors (Lipinski definition) is 3. The van der Waals surface area contributed by atoms with Crippen molar-refractivity contribution in [2.45, 2.75) is 32.7 Å². The standard InChI is InChI=1S/C11H17Cl2N3/c1-7(2)3-4-10(16-14)11-9(13)5-8(12)6-15-11/h5-7,10,16H,3-4,14H2,1-2H3. The zero-order valence-corrected chi connectivity index (χ0v) is 11.0. The number of nitrogens with zero attached hydrogens (tertiary/aromatic N) is 1. The molecule has 1 rings (SSSR count). The van der Waals surface area contributed by atoms with Gasteiger partial charge in [0, 0.05) is 6.20 Å². The predicted molar refractivity (Wildman–Crippen MR) is 68.4 cm³/mol. The molecule has 0 aliphatic heterocycles. The number of pyridine rings is 1. The van der Waals surface area contributed by atoms with Gasteiger partial charge < -0.3 is 0 Å². The van der Waals surface area contributed by atoms with Crippen LogP contribution in [-0.2, 0) is 0 Å². The normalized spacial score (nSPS) is 13.1. The van der Waals surface area contributed by atoms with Crippen molar-refractivity contribution in [2.75, 3.05) is 0 Å². The fourth-order valence-corrected chi connectivity index (χ4v) is 1.99. The summed E-state index contributed by atoms with van der Waals surface area (Å²) in [7, 11) is 0. The minimum absolute atomic E-state index is 0.0211. The Labute approximate surface area is 106 Å². The second-order valence-electron chi connectivity index (χ2n) is 4.21. The van der Waals surface area contributed by atoms with Gasteiger partial charge in [0.05, 0.1) is 21.8 Å². The molecule has 0 aliphatic carbocycles. The van der Waals surface area contributed by atoms with E-state index < -0.39 is 0 Å². The van der Waals surface area contributed by atoms with Gasteiger partial charge in [-0.25, -0.2) is 0 Å². The van der Waals surface area contributed by atoms with Gasteiger partial charge in [0.15, 0.2) is 0 Å². The number of nitrogens with one attached hydrogen (secondary N) is 1. The lowest BCUT2D eigenvalue weighted by molar-refractivity contribution is 0.441. The second kappa shape index (κ2) is 6.40. The van der Waals surface area contributed by atoms with E-state index in [0.717, 1.165) is 18.5 Å². The fraction of sp³-hybridized carbons (Fsp3) is 0.545. The van der Waals surface area contributed by atoms with Crippen molar-refractivity contribution in [3.05, 3.63) is 28.0 Å². The number of aromatic nitrogens is 1. The van der Waals surface area contributed by atoms with Gasteiger partial charge in [-0.3, -0.25) is 16.3 Å². The van der Waals surface area contributed by atoms with Crippen LogP contribution in [0.1, 0.15) is 38.4 Å². The van der Waals surface area contributed by atoms with Crippen LogP contribution >= 0.6 is 23.2 Å². The molecule has 0 aromatic carbocycles. The molecular weight excluding hydrogens is 245 g/mol. The van der Waals surface area contributed by atoms with Gasteiger partial charge in [-0.2, -0.15) is 0 Å². The van der Waals surface area contributed by atoms with E-state index in [4.69, 9.17) is 29.0 Å². The molecule has 90 valence electrons. The SMILES string of the molecule is CC(C)CCC(NN)c1ncc(Cl)cc1Cl. The maximum atomic E-state index is 6.08. The molecule has 0 radical (unpaired) electrons. The van der Waals surface area contributed by atoms with Crippen LogP contribution in [0, 0.1) is 5.92 Å². The summed E-state index contributed by atoms with van der Waals surface area (Å²) in [5.74, 6) is 6.14. The number of halogens is 2. The number of hydrazine groups is 1. The first kappa shape index (κ1) is 13.7. The Balaban J connectivity index is 2.78. The monoisotopic (exact) mass is 261 g/mol. The lowest BCUT2D eigenvalue weighted by atomic mass is 10.0. The molecule has 0 spiro atoms. The average Bonchev–Trinajstić information content (AvgIpc) is 2.21. The van der Waals surface area contributed by atoms with E-state index in [1.54, 1.807) is 12.3 Å². The Bertz CT molecular complexity index is 342. The van der Waals surface area contributed by atoms with E-state index in [1.807, 2.05) is 0 Å². The molecule has 0 saturated heterocycles. The van der Waals surface area contributed by atoms with Gasteiger partial charge >= 0.3 is 0 Å². The third-order valence-electron chi connectivity index (χ3n) is 2.40. The molecular formula is C11H17Cl2N3. The first-order valence-electron chi connectivity index (χ1n) is 5.31. The van der Waals surface area contributed by atoms with E-state index in [0.29, 0.717) is 16.0 Å². The van der Waals surface area contributed by atoms with E-state index in [9.17, 15) is 0 Å². The van der Waals surface area contributed by atoms with Gasteiger partial charge in [-0.15, -0.1) is 0 Å². The maximum Gasteiger partial charge on any atom is 0.0773 e. The smallest absolute Gasteiger partial charge is 0.0773 e. The van der Waals surface area contributed by atoms with Crippen molar-refractivity contribution >= 4 is 23.2 Å². The topological polar surface area (TPSA) is 50.9 Å². The number of hydrogen-bond donors (Lipinski definition) is 2. The molecule has 1 unspecified atom stereocenters. The van der Waals surface area contributed by atoms with Crippen LogP contribution in [0.4, 0.5) is 0 Å². The molecule has 0 bridgehead atoms. The quantitative estimate of drug-likeness (QED) is 0.632. The number of rotatable bonds is 5. The van der Waals surface area contributed by atoms with Gasteiger partial charge in [0.1, 0.15) is 0 Å². The predicted octanol–water partition coefficient (Wildman–Crippen LogP) is 3.33. The maximum absolute atomic E-state index is 6.08. The van der Waals surface area contributed by atoms with E-state index >= 15 is 0 Å². The Kier molecular flexibility index (Phi) is 5.49. The van der Waals surface area contributed by atoms with Crippen LogP contribution in [0.3, 0.4) is 0 Å². The Hall–Kier alpha value is -0.350. The van der Waals surface area contributed by atoms with Gasteiger partial charge in [0.2, 0.25) is 0 Å². The van der Waals surface area contributed by atoms with Gasteiger partial charge in [0.25, 0.3) is 0 Å². The molecule has 1 atom stereocenters. The molecule has 3 N–H and O–H groups in total. The summed E-state index contributed by atoms with van der Waals surface area (Å²) in [5.41, 5.74) is 3.50. The first-order chi connectivity index (χ1) is 7.54. The molecule has 0 aliphatic rings. The molecule has 0 saturated carbocycles. The van der Waals surface area contributed by atoms with Crippen LogP contribution in [-0.4, -0.2) is 4.98 Å². The molecule has 1 heterocycles. The van der Waals surface area contributed by atoms with Crippen LogP contribution in [0.5, 0.6) is 0 Å². The lowest BCUT2D eigenvalue weighted by Crippen LogP contribution is -2.29. The summed E-state index contributed by atoms with van der Waals surface area (Å²) in [5, 5.41) is 1.09. The Morgan fingerprint density at radius 3 is 2.56 bits per heavy atom. The zero-order chi connectivity index (χ0) is 12.1. The van der Waals surface area contributed by atoms with Crippen LogP contribution in [0.2, 0.25) is 10.0 Å². The van der Waals surface area contributed by atoms with Crippen molar-refractivity contribution in [1.29, 1.82) is 0 Å². The molecule has 16 heavy (non-hydrogen) atoms. The van der Waals surface area contributed by atoms with Crippen molar-refractivity contribution < 1.29 is 0 Å². The fourth-order valence-electron chi connectivity index (χ4n) is 1.48. The highest BCUT2D eigenvalue weighted by molar-refractivity contribution is 6.34. The second-order valence-corrected chi connectivity index (χ2v) is 5.05. The Morgan fingerprint density at radius 2 is 2.06 bits per heavy atom. The lowest BCUT2D eigenvalue weighted by Gasteiger charge is -2.17. The minimum Gasteiger partial charge on any atom is -0.271 e. The summed E-state index contributed by atoms with van der Waals surface area (Å²) in [4.78, 5) is 4.22. The van der Waals surface area contributed by atoms with Crippen LogP contribution < -0.4 is 11.3 Å². The van der Waals surface area contributed by atoms with Crippen molar-refractivity contribution in [3.63, 3.8) is 0 Å². The summed E-state index contributed by atoms with van der Waals surface area (Å²) < 4.78 is 0. The largest absolute Gasteiger partial charge is 0.271 e. The van der Waals surface area contributed by atoms with Crippen molar-refractivity contribution in [2.24, 2.45) is 11.8 Å². The molecule has 5 heteroatoms. The average molecular weight is 262 g/mol. The van der Waals surface area contributed by atoms with Crippen LogP contribution in [0.15, 0.2) is 12.3 Å². The van der Waals surface area contributed by atoms with E-state index in [2.05, 4.69) is 24.3 Å². The summed E-state index contributed by atoms with van der Waals surface area (Å²) in [6.07, 6.45) is 3.56. The van der Waals surface area contributed by atoms with Gasteiger partial charge in [-0.1, -0.05) is 37.0 Å². The summed E-state index contributed by atoms with van der Waals surface area (Å²) in [6.45, 7) is 4.34. The molecule has 3 nitrogen and oxygen atoms in total. The Morgan fingerprint density at radius 1 is 1.38 bits per heavy atom.